The topological polar surface area (TPSA) is 139 Å². The number of aliphatic hydroxyl groups is 1. The van der Waals surface area contributed by atoms with Crippen LogP contribution in [-0.2, 0) is 23.5 Å². The van der Waals surface area contributed by atoms with Crippen molar-refractivity contribution in [1.82, 2.24) is 20.0 Å². The smallest absolute Gasteiger partial charge is 0.444 e. The van der Waals surface area contributed by atoms with Crippen LogP contribution in [0.2, 0.25) is 0 Å². The zero-order valence-corrected chi connectivity index (χ0v) is 66.4. The van der Waals surface area contributed by atoms with Crippen molar-refractivity contribution in [3.63, 3.8) is 0 Å². The molecule has 13 rings (SSSR count). The molecule has 0 aliphatic carbocycles. The van der Waals surface area contributed by atoms with E-state index in [9.17, 15) is 31.9 Å². The molecule has 0 aromatic heterocycles. The van der Waals surface area contributed by atoms with Crippen molar-refractivity contribution < 1.29 is 61.9 Å². The molecular formula is C86H112BBrF4N4O9. The van der Waals surface area contributed by atoms with Gasteiger partial charge in [-0.15, -0.1) is 0 Å². The predicted molar refractivity (Wildman–Crippen MR) is 426 cm³/mol. The highest BCUT2D eigenvalue weighted by atomic mass is 79.9. The lowest BCUT2D eigenvalue weighted by Gasteiger charge is -2.34. The summed E-state index contributed by atoms with van der Waals surface area (Å²) in [6.07, 6.45) is 8.77. The largest absolute Gasteiger partial charge is 0.490 e. The van der Waals surface area contributed by atoms with Crippen molar-refractivity contribution in [3.05, 3.63) is 208 Å². The van der Waals surface area contributed by atoms with Gasteiger partial charge in [0.05, 0.1) is 11.2 Å². The summed E-state index contributed by atoms with van der Waals surface area (Å²) in [6, 6.07) is 43.8. The van der Waals surface area contributed by atoms with Gasteiger partial charge in [0.1, 0.15) is 40.1 Å². The number of carbonyl (C=O) groups excluding carboxylic acids is 3. The number of amides is 3. The second-order valence-corrected chi connectivity index (χ2v) is 30.6. The lowest BCUT2D eigenvalue weighted by Crippen LogP contribution is -2.41. The highest BCUT2D eigenvalue weighted by Crippen LogP contribution is 2.41. The number of piperidine rings is 2. The summed E-state index contributed by atoms with van der Waals surface area (Å²) >= 11 is 3.36. The minimum atomic E-state index is -0.492. The zero-order valence-electron chi connectivity index (χ0n) is 65.8. The van der Waals surface area contributed by atoms with E-state index in [1.807, 2.05) is 219 Å². The Labute approximate surface area is 631 Å². The first kappa shape index (κ1) is 84.5. The molecule has 3 saturated heterocycles. The van der Waals surface area contributed by atoms with Crippen LogP contribution in [0.25, 0.3) is 48.7 Å². The van der Waals surface area contributed by atoms with Crippen LogP contribution in [-0.4, -0.2) is 133 Å². The SMILES string of the molecule is CC.CC(C)(C)OC(=O)N1CC=C(B2OC(C)(C)C(C)(C)O2)CC1.CC(C)(C)OC(=O)N1CC=C(c2ccc(F)c3ccccc23)CC1.CC(C)(C)OC(=O)N1CCC(c2ccc(F)c3ccccc23)CC1.CO.Fc1ccc(Br)c2ccccc12.Fc1ccc(C2CCNCC2)c2ccccc12.[2H]CC. The minimum absolute atomic E-state index is 0.113. The van der Waals surface area contributed by atoms with Crippen molar-refractivity contribution in [2.75, 3.05) is 59.5 Å². The lowest BCUT2D eigenvalue weighted by atomic mass is 9.75. The summed E-state index contributed by atoms with van der Waals surface area (Å²) < 4.78 is 90.3. The van der Waals surface area contributed by atoms with Gasteiger partial charge in [-0.3, -0.25) is 0 Å². The van der Waals surface area contributed by atoms with Crippen molar-refractivity contribution in [1.29, 1.82) is 0 Å². The fourth-order valence-corrected chi connectivity index (χ4v) is 13.2. The summed E-state index contributed by atoms with van der Waals surface area (Å²) in [4.78, 5) is 41.5. The average molecular weight is 1510 g/mol. The molecule has 5 aliphatic heterocycles. The summed E-state index contributed by atoms with van der Waals surface area (Å²) in [5.41, 5.74) is 3.68. The molecule has 0 spiro atoms. The fraction of sp³-hybridized carbons (Fsp3) is 0.453. The van der Waals surface area contributed by atoms with Crippen LogP contribution in [0.3, 0.4) is 0 Å². The molecule has 568 valence electrons. The van der Waals surface area contributed by atoms with E-state index in [4.69, 9.17) is 30.0 Å². The van der Waals surface area contributed by atoms with E-state index < -0.39 is 16.8 Å². The van der Waals surface area contributed by atoms with Crippen LogP contribution in [0.5, 0.6) is 0 Å². The monoisotopic (exact) mass is 1510 g/mol. The van der Waals surface area contributed by atoms with E-state index in [0.29, 0.717) is 74.2 Å². The molecule has 0 atom stereocenters. The van der Waals surface area contributed by atoms with Crippen molar-refractivity contribution in [3.8, 4) is 0 Å². The van der Waals surface area contributed by atoms with Gasteiger partial charge in [-0.25, -0.2) is 31.9 Å². The van der Waals surface area contributed by atoms with Gasteiger partial charge < -0.3 is 48.6 Å². The molecule has 19 heteroatoms. The van der Waals surface area contributed by atoms with Gasteiger partial charge in [-0.2, -0.15) is 0 Å². The molecule has 3 fully saturated rings. The van der Waals surface area contributed by atoms with Crippen LogP contribution in [0.15, 0.2) is 168 Å². The van der Waals surface area contributed by atoms with Crippen LogP contribution >= 0.6 is 15.9 Å². The summed E-state index contributed by atoms with van der Waals surface area (Å²) in [5.74, 6) is 0.240. The number of nitrogens with zero attached hydrogens (tertiary/aromatic N) is 3. The molecule has 5 aliphatic rings. The number of rotatable bonds is 4. The average Bonchev–Trinajstić information content (AvgIpc) is 1.60. The van der Waals surface area contributed by atoms with Gasteiger partial charge in [0, 0.05) is 73.8 Å². The molecule has 5 heterocycles. The van der Waals surface area contributed by atoms with Crippen LogP contribution < -0.4 is 5.32 Å². The third-order valence-electron chi connectivity index (χ3n) is 18.5. The molecule has 0 radical (unpaired) electrons. The number of carbonyl (C=O) groups is 3. The number of ether oxygens (including phenoxy) is 3. The first-order chi connectivity index (χ1) is 50.2. The summed E-state index contributed by atoms with van der Waals surface area (Å²) in [5, 5.41) is 17.0. The van der Waals surface area contributed by atoms with Gasteiger partial charge in [-0.1, -0.05) is 171 Å². The molecule has 105 heavy (non-hydrogen) atoms. The van der Waals surface area contributed by atoms with Crippen LogP contribution in [0.1, 0.15) is 186 Å². The standard InChI is InChI=1S/C20H24FNO2.C20H22FNO2.C16H28BNO4.C15H16FN.C10H6BrF.2C2H6.CH4O/c2*1-20(2,3)24-19(23)22-12-10-14(11-13-22)15-8-9-18(21)17-7-5-4-6-16(15)17;1-14(2,3)20-13(19)18-10-8-12(9-11-18)17-21-15(4,5)16(6,7)22-17;16-15-6-5-12(11-7-9-17-10-8-11)13-3-1-2-4-14(13)15;11-9-5-6-10(12)8-4-2-1-3-7(8)9;3*1-2/h4-9,14H,10-13H2,1-3H3;4-10H,11-13H2,1-3H3;8H,9-11H2,1-7H3;1-6,11,17H,7-10H2;1-6H;2*1-2H3;2H,1H3/i;;;;;1D;;. The molecule has 13 nitrogen and oxygen atoms in total. The van der Waals surface area contributed by atoms with Crippen LogP contribution in [0, 0.1) is 23.3 Å². The number of hydrogen-bond acceptors (Lipinski definition) is 10. The molecule has 0 unspecified atom stereocenters. The van der Waals surface area contributed by atoms with Gasteiger partial charge in [-0.05, 0) is 233 Å². The van der Waals surface area contributed by atoms with E-state index in [2.05, 4.69) is 21.2 Å². The van der Waals surface area contributed by atoms with Crippen molar-refractivity contribution in [2.45, 2.75) is 196 Å². The maximum absolute atomic E-state index is 14.0. The lowest BCUT2D eigenvalue weighted by molar-refractivity contribution is 0.00578. The van der Waals surface area contributed by atoms with Gasteiger partial charge in [0.15, 0.2) is 0 Å². The molecule has 3 amide bonds. The quantitative estimate of drug-likeness (QED) is 0.0994. The fourth-order valence-electron chi connectivity index (χ4n) is 12.7. The number of likely N-dealkylation sites (tertiary alicyclic amines) is 1. The molecule has 8 aromatic rings. The molecular weight excluding hydrogens is 1400 g/mol. The Kier molecular flexibility index (Phi) is 31.5. The van der Waals surface area contributed by atoms with Gasteiger partial charge in [0.25, 0.3) is 0 Å². The van der Waals surface area contributed by atoms with Gasteiger partial charge in [0.2, 0.25) is 0 Å². The summed E-state index contributed by atoms with van der Waals surface area (Å²) in [6.45, 7) is 37.1. The molecule has 0 bridgehead atoms. The Hall–Kier alpha value is -7.81. The highest BCUT2D eigenvalue weighted by molar-refractivity contribution is 9.10. The van der Waals surface area contributed by atoms with Crippen molar-refractivity contribution in [2.24, 2.45) is 0 Å². The van der Waals surface area contributed by atoms with E-state index >= 15 is 0 Å². The first-order valence-electron chi connectivity index (χ1n) is 37.4. The number of nitrogens with one attached hydrogen (secondary N) is 1. The second kappa shape index (κ2) is 39.2. The first-order valence-corrected chi connectivity index (χ1v) is 37.4. The predicted octanol–water partition coefficient (Wildman–Crippen LogP) is 22.1. The Morgan fingerprint density at radius 2 is 0.829 bits per heavy atom. The van der Waals surface area contributed by atoms with E-state index in [0.717, 1.165) is 107 Å². The third-order valence-corrected chi connectivity index (χ3v) is 19.2. The second-order valence-electron chi connectivity index (χ2n) is 29.8. The number of aliphatic hydroxyl groups excluding tert-OH is 1. The number of hydrogen-bond donors (Lipinski definition) is 2. The Bertz CT molecular complexity index is 4200. The van der Waals surface area contributed by atoms with Gasteiger partial charge >= 0.3 is 25.4 Å². The van der Waals surface area contributed by atoms with Crippen LogP contribution in [0.4, 0.5) is 31.9 Å². The summed E-state index contributed by atoms with van der Waals surface area (Å²) in [7, 11) is 0.686. The molecule has 8 aromatic carbocycles. The third kappa shape index (κ3) is 24.1. The maximum atomic E-state index is 14.0. The highest BCUT2D eigenvalue weighted by Gasteiger charge is 2.52. The van der Waals surface area contributed by atoms with Crippen molar-refractivity contribution >= 4 is 90.0 Å². The zero-order chi connectivity index (χ0) is 78.3. The van der Waals surface area contributed by atoms with E-state index in [-0.39, 0.29) is 59.9 Å². The normalized spacial score (nSPS) is 16.7. The Morgan fingerprint density at radius 1 is 0.486 bits per heavy atom. The Morgan fingerprint density at radius 3 is 1.22 bits per heavy atom. The molecule has 0 saturated carbocycles. The minimum Gasteiger partial charge on any atom is -0.444 e. The maximum Gasteiger partial charge on any atom is 0.490 e. The number of benzene rings is 8. The number of halogens is 5. The molecule has 2 N–H and O–H groups in total. The number of fused-ring (bicyclic) bond motifs is 4. The Balaban J connectivity index is 0.000000206. The van der Waals surface area contributed by atoms with E-state index in [1.165, 1.54) is 23.3 Å². The van der Waals surface area contributed by atoms with E-state index in [1.54, 1.807) is 52.0 Å².